The number of hydrogen-bond donors (Lipinski definition) is 3. The number of benzene rings is 3. The smallest absolute Gasteiger partial charge is 0.163 e. The van der Waals surface area contributed by atoms with Crippen molar-refractivity contribution in [3.63, 3.8) is 0 Å². The standard InChI is InChI=1S/C25H28O4P/c1-18-24(27)23(25(28)29-18)22(26)17-30(19-11-5-2-6-12-19,20-13-7-3-8-14-20)21-15-9-4-10-16-21/h2-16,18,22-28H,17H2,1H3/q+1/t18-,22?,23?,24?,25?/m1/s1. The van der Waals surface area contributed by atoms with E-state index in [2.05, 4.69) is 36.4 Å². The average molecular weight is 423 g/mol. The van der Waals surface area contributed by atoms with Gasteiger partial charge in [0.1, 0.15) is 29.3 Å². The van der Waals surface area contributed by atoms with E-state index in [1.54, 1.807) is 6.92 Å². The first-order chi connectivity index (χ1) is 14.5. The van der Waals surface area contributed by atoms with Crippen LogP contribution in [0.4, 0.5) is 0 Å². The molecule has 3 aromatic rings. The van der Waals surface area contributed by atoms with Crippen molar-refractivity contribution in [1.29, 1.82) is 0 Å². The predicted octanol–water partition coefficient (Wildman–Crippen LogP) is 2.06. The Morgan fingerprint density at radius 1 is 0.767 bits per heavy atom. The van der Waals surface area contributed by atoms with Gasteiger partial charge in [-0.2, -0.15) is 0 Å². The first kappa shape index (κ1) is 21.2. The molecule has 30 heavy (non-hydrogen) atoms. The number of ether oxygens (including phenoxy) is 1. The third-order valence-electron chi connectivity index (χ3n) is 6.05. The summed E-state index contributed by atoms with van der Waals surface area (Å²) in [7, 11) is -2.26. The zero-order chi connectivity index (χ0) is 21.1. The van der Waals surface area contributed by atoms with Gasteiger partial charge in [0.15, 0.2) is 6.29 Å². The molecule has 1 heterocycles. The molecular formula is C25H28O4P+. The largest absolute Gasteiger partial charge is 0.390 e. The maximum Gasteiger partial charge on any atom is 0.163 e. The van der Waals surface area contributed by atoms with Crippen molar-refractivity contribution >= 4 is 23.2 Å². The number of aliphatic hydroxyl groups is 3. The lowest BCUT2D eigenvalue weighted by Crippen LogP contribution is -2.44. The highest BCUT2D eigenvalue weighted by Crippen LogP contribution is 2.56. The van der Waals surface area contributed by atoms with Gasteiger partial charge < -0.3 is 20.1 Å². The Kier molecular flexibility index (Phi) is 6.33. The van der Waals surface area contributed by atoms with Crippen LogP contribution < -0.4 is 15.9 Å². The zero-order valence-electron chi connectivity index (χ0n) is 17.0. The van der Waals surface area contributed by atoms with Gasteiger partial charge in [0.05, 0.1) is 24.2 Å². The van der Waals surface area contributed by atoms with Crippen LogP contribution in [0.2, 0.25) is 0 Å². The van der Waals surface area contributed by atoms with E-state index >= 15 is 0 Å². The third-order valence-corrected chi connectivity index (χ3v) is 10.5. The van der Waals surface area contributed by atoms with Crippen LogP contribution in [0.5, 0.6) is 0 Å². The molecule has 4 nitrogen and oxygen atoms in total. The van der Waals surface area contributed by atoms with Crippen LogP contribution in [0.3, 0.4) is 0 Å². The highest BCUT2D eigenvalue weighted by atomic mass is 31.2. The third kappa shape index (κ3) is 3.82. The molecular weight excluding hydrogens is 395 g/mol. The molecule has 0 saturated carbocycles. The van der Waals surface area contributed by atoms with Crippen LogP contribution in [-0.2, 0) is 4.74 Å². The van der Waals surface area contributed by atoms with Crippen LogP contribution >= 0.6 is 7.26 Å². The molecule has 0 bridgehead atoms. The van der Waals surface area contributed by atoms with Crippen molar-refractivity contribution in [3.8, 4) is 0 Å². The Labute approximate surface area is 178 Å². The van der Waals surface area contributed by atoms with E-state index in [1.807, 2.05) is 54.6 Å². The second-order valence-corrected chi connectivity index (χ2v) is 11.4. The molecule has 4 rings (SSSR count). The van der Waals surface area contributed by atoms with Gasteiger partial charge in [0, 0.05) is 0 Å². The molecule has 0 aliphatic carbocycles. The van der Waals surface area contributed by atoms with Gasteiger partial charge in [0.25, 0.3) is 0 Å². The zero-order valence-corrected chi connectivity index (χ0v) is 17.8. The van der Waals surface area contributed by atoms with Gasteiger partial charge >= 0.3 is 0 Å². The second kappa shape index (κ2) is 8.97. The van der Waals surface area contributed by atoms with Crippen LogP contribution in [0.1, 0.15) is 6.92 Å². The Hall–Kier alpha value is -2.07. The van der Waals surface area contributed by atoms with Crippen molar-refractivity contribution in [2.24, 2.45) is 5.92 Å². The lowest BCUT2D eigenvalue weighted by Gasteiger charge is -2.32. The fraction of sp³-hybridized carbons (Fsp3) is 0.280. The summed E-state index contributed by atoms with van der Waals surface area (Å²) in [6.45, 7) is 1.72. The van der Waals surface area contributed by atoms with E-state index in [1.165, 1.54) is 0 Å². The van der Waals surface area contributed by atoms with Crippen LogP contribution in [0, 0.1) is 5.92 Å². The second-order valence-electron chi connectivity index (χ2n) is 7.87. The average Bonchev–Trinajstić information content (AvgIpc) is 3.05. The lowest BCUT2D eigenvalue weighted by molar-refractivity contribution is -0.119. The van der Waals surface area contributed by atoms with Gasteiger partial charge in [-0.3, -0.25) is 0 Å². The molecule has 5 heteroatoms. The normalized spacial score (nSPS) is 25.2. The number of aliphatic hydroxyl groups excluding tert-OH is 3. The quantitative estimate of drug-likeness (QED) is 0.531. The highest BCUT2D eigenvalue weighted by Gasteiger charge is 2.52. The molecule has 1 aliphatic heterocycles. The number of hydrogen-bond acceptors (Lipinski definition) is 4. The van der Waals surface area contributed by atoms with E-state index < -0.39 is 37.8 Å². The van der Waals surface area contributed by atoms with E-state index in [0.29, 0.717) is 6.16 Å². The van der Waals surface area contributed by atoms with Gasteiger partial charge in [-0.25, -0.2) is 0 Å². The fourth-order valence-electron chi connectivity index (χ4n) is 4.50. The van der Waals surface area contributed by atoms with E-state index in [-0.39, 0.29) is 0 Å². The molecule has 3 aromatic carbocycles. The Morgan fingerprint density at radius 3 is 1.50 bits per heavy atom. The summed E-state index contributed by atoms with van der Waals surface area (Å²) in [5.41, 5.74) is 0. The summed E-state index contributed by atoms with van der Waals surface area (Å²) in [6.07, 6.45) is -3.15. The van der Waals surface area contributed by atoms with Gasteiger partial charge in [-0.05, 0) is 43.3 Å². The van der Waals surface area contributed by atoms with Gasteiger partial charge in [0.2, 0.25) is 0 Å². The Balaban J connectivity index is 1.87. The first-order valence-corrected chi connectivity index (χ1v) is 12.3. The summed E-state index contributed by atoms with van der Waals surface area (Å²) in [5.74, 6) is -0.754. The molecule has 0 radical (unpaired) electrons. The first-order valence-electron chi connectivity index (χ1n) is 10.3. The summed E-state index contributed by atoms with van der Waals surface area (Å²) < 4.78 is 5.40. The van der Waals surface area contributed by atoms with Gasteiger partial charge in [-0.15, -0.1) is 0 Å². The Morgan fingerprint density at radius 2 is 1.17 bits per heavy atom. The molecule has 1 aliphatic rings. The van der Waals surface area contributed by atoms with Crippen molar-refractivity contribution < 1.29 is 20.1 Å². The SMILES string of the molecule is C[C@H]1OC(O)C(C(O)C[P+](c2ccccc2)(c2ccccc2)c2ccccc2)C1O. The molecule has 1 saturated heterocycles. The predicted molar refractivity (Wildman–Crippen MR) is 122 cm³/mol. The summed E-state index contributed by atoms with van der Waals surface area (Å²) in [6, 6.07) is 30.8. The maximum absolute atomic E-state index is 11.4. The fourth-order valence-corrected chi connectivity index (χ4v) is 8.88. The lowest BCUT2D eigenvalue weighted by atomic mass is 9.96. The van der Waals surface area contributed by atoms with Crippen LogP contribution in [-0.4, -0.2) is 46.1 Å². The summed E-state index contributed by atoms with van der Waals surface area (Å²) in [4.78, 5) is 0. The minimum Gasteiger partial charge on any atom is -0.390 e. The molecule has 156 valence electrons. The molecule has 0 amide bonds. The Bertz CT molecular complexity index is 838. The molecule has 5 atom stereocenters. The highest BCUT2D eigenvalue weighted by molar-refractivity contribution is 7.95. The minimum atomic E-state index is -2.26. The van der Waals surface area contributed by atoms with Crippen molar-refractivity contribution in [2.45, 2.75) is 31.5 Å². The maximum atomic E-state index is 11.4. The monoisotopic (exact) mass is 423 g/mol. The molecule has 1 fully saturated rings. The van der Waals surface area contributed by atoms with Crippen molar-refractivity contribution in [2.75, 3.05) is 6.16 Å². The van der Waals surface area contributed by atoms with Crippen LogP contribution in [0.25, 0.3) is 0 Å². The van der Waals surface area contributed by atoms with E-state index in [0.717, 1.165) is 15.9 Å². The topological polar surface area (TPSA) is 69.9 Å². The molecule has 4 unspecified atom stereocenters. The van der Waals surface area contributed by atoms with Gasteiger partial charge in [-0.1, -0.05) is 54.6 Å². The minimum absolute atomic E-state index is 0.403. The van der Waals surface area contributed by atoms with E-state index in [4.69, 9.17) is 4.74 Å². The van der Waals surface area contributed by atoms with Crippen molar-refractivity contribution in [3.05, 3.63) is 91.0 Å². The molecule has 0 spiro atoms. The number of rotatable bonds is 6. The van der Waals surface area contributed by atoms with Crippen LogP contribution in [0.15, 0.2) is 91.0 Å². The molecule has 3 N–H and O–H groups in total. The van der Waals surface area contributed by atoms with Crippen molar-refractivity contribution in [1.82, 2.24) is 0 Å². The molecule has 0 aromatic heterocycles. The van der Waals surface area contributed by atoms with E-state index in [9.17, 15) is 15.3 Å². The summed E-state index contributed by atoms with van der Waals surface area (Å²) >= 11 is 0. The summed E-state index contributed by atoms with van der Waals surface area (Å²) in [5, 5.41) is 35.8.